The van der Waals surface area contributed by atoms with Crippen LogP contribution in [-0.2, 0) is 6.54 Å². The predicted octanol–water partition coefficient (Wildman–Crippen LogP) is 1.72. The summed E-state index contributed by atoms with van der Waals surface area (Å²) in [7, 11) is 0. The molecule has 15 heavy (non-hydrogen) atoms. The van der Waals surface area contributed by atoms with Gasteiger partial charge in [0.05, 0.1) is 0 Å². The fourth-order valence-electron chi connectivity index (χ4n) is 2.03. The Labute approximate surface area is 95.5 Å². The Bertz CT molecular complexity index is 265. The van der Waals surface area contributed by atoms with Crippen molar-refractivity contribution in [3.63, 3.8) is 0 Å². The molecule has 3 nitrogen and oxygen atoms in total. The van der Waals surface area contributed by atoms with E-state index in [0.29, 0.717) is 6.04 Å². The summed E-state index contributed by atoms with van der Waals surface area (Å²) in [4.78, 5) is 6.79. The molecule has 2 heterocycles. The minimum atomic E-state index is 0.691. The lowest BCUT2D eigenvalue weighted by atomic mass is 10.1. The number of hydrogen-bond acceptors (Lipinski definition) is 4. The van der Waals surface area contributed by atoms with Gasteiger partial charge in [0, 0.05) is 24.2 Å². The largest absolute Gasteiger partial charge is 0.308 e. The second-order valence-corrected chi connectivity index (χ2v) is 4.99. The highest BCUT2D eigenvalue weighted by molar-refractivity contribution is 7.09. The predicted molar refractivity (Wildman–Crippen MR) is 64.1 cm³/mol. The molecule has 1 aliphatic rings. The lowest BCUT2D eigenvalue weighted by Gasteiger charge is -2.31. The molecular formula is C11H19N3S. The Balaban J connectivity index is 1.69. The molecule has 1 N–H and O–H groups in total. The van der Waals surface area contributed by atoms with E-state index < -0.39 is 0 Å². The molecule has 4 heteroatoms. The zero-order valence-corrected chi connectivity index (χ0v) is 10.1. The van der Waals surface area contributed by atoms with E-state index in [4.69, 9.17) is 0 Å². The lowest BCUT2D eigenvalue weighted by molar-refractivity contribution is 0.206. The number of thiazole rings is 1. The van der Waals surface area contributed by atoms with Crippen LogP contribution in [0.1, 0.15) is 24.8 Å². The van der Waals surface area contributed by atoms with Gasteiger partial charge in [-0.15, -0.1) is 11.3 Å². The molecule has 1 aliphatic heterocycles. The third kappa shape index (κ3) is 3.26. The Hall–Kier alpha value is -0.450. The van der Waals surface area contributed by atoms with Crippen molar-refractivity contribution in [1.29, 1.82) is 0 Å². The summed E-state index contributed by atoms with van der Waals surface area (Å²) in [5.41, 5.74) is 0. The van der Waals surface area contributed by atoms with Crippen molar-refractivity contribution in [3.05, 3.63) is 16.6 Å². The van der Waals surface area contributed by atoms with Gasteiger partial charge in [-0.1, -0.05) is 6.92 Å². The summed E-state index contributed by atoms with van der Waals surface area (Å²) in [6.07, 6.45) is 4.43. The Kier molecular flexibility index (Phi) is 4.11. The van der Waals surface area contributed by atoms with Gasteiger partial charge in [-0.2, -0.15) is 0 Å². The number of nitrogens with zero attached hydrogens (tertiary/aromatic N) is 2. The molecule has 0 aliphatic carbocycles. The van der Waals surface area contributed by atoms with Crippen LogP contribution >= 0.6 is 11.3 Å². The van der Waals surface area contributed by atoms with Crippen LogP contribution in [0.25, 0.3) is 0 Å². The molecule has 1 fully saturated rings. The third-order valence-corrected chi connectivity index (χ3v) is 3.84. The average molecular weight is 225 g/mol. The van der Waals surface area contributed by atoms with Gasteiger partial charge < -0.3 is 10.2 Å². The maximum atomic E-state index is 4.28. The first-order chi connectivity index (χ1) is 7.38. The molecule has 84 valence electrons. The first-order valence-electron chi connectivity index (χ1n) is 5.72. The van der Waals surface area contributed by atoms with E-state index in [2.05, 4.69) is 22.1 Å². The van der Waals surface area contributed by atoms with Crippen LogP contribution in [-0.4, -0.2) is 35.6 Å². The molecule has 0 radical (unpaired) electrons. The van der Waals surface area contributed by atoms with Crippen LogP contribution < -0.4 is 5.32 Å². The zero-order valence-electron chi connectivity index (χ0n) is 9.28. The van der Waals surface area contributed by atoms with E-state index in [0.717, 1.165) is 6.54 Å². The first-order valence-corrected chi connectivity index (χ1v) is 6.60. The van der Waals surface area contributed by atoms with Crippen molar-refractivity contribution in [2.24, 2.45) is 0 Å². The van der Waals surface area contributed by atoms with Gasteiger partial charge in [0.15, 0.2) is 0 Å². The van der Waals surface area contributed by atoms with Crippen molar-refractivity contribution < 1.29 is 0 Å². The van der Waals surface area contributed by atoms with Gasteiger partial charge in [0.1, 0.15) is 5.01 Å². The molecule has 1 aromatic heterocycles. The third-order valence-electron chi connectivity index (χ3n) is 3.06. The SMILES string of the molecule is CCN1CCC(NCc2nccs2)CC1. The second-order valence-electron chi connectivity index (χ2n) is 4.02. The zero-order chi connectivity index (χ0) is 10.5. The summed E-state index contributed by atoms with van der Waals surface area (Å²) >= 11 is 1.73. The molecule has 0 atom stereocenters. The highest BCUT2D eigenvalue weighted by Crippen LogP contribution is 2.11. The summed E-state index contributed by atoms with van der Waals surface area (Å²) in [6, 6.07) is 0.691. The van der Waals surface area contributed by atoms with E-state index >= 15 is 0 Å². The summed E-state index contributed by atoms with van der Waals surface area (Å²) < 4.78 is 0. The minimum Gasteiger partial charge on any atom is -0.308 e. The number of rotatable bonds is 4. The summed E-state index contributed by atoms with van der Waals surface area (Å²) in [5.74, 6) is 0. The van der Waals surface area contributed by atoms with Crippen LogP contribution in [0.4, 0.5) is 0 Å². The molecule has 0 saturated carbocycles. The fraction of sp³-hybridized carbons (Fsp3) is 0.727. The molecule has 0 amide bonds. The quantitative estimate of drug-likeness (QED) is 0.845. The molecule has 1 saturated heterocycles. The second kappa shape index (κ2) is 5.58. The van der Waals surface area contributed by atoms with Gasteiger partial charge in [-0.05, 0) is 32.5 Å². The van der Waals surface area contributed by atoms with Crippen molar-refractivity contribution in [3.8, 4) is 0 Å². The van der Waals surface area contributed by atoms with Crippen LogP contribution in [0, 0.1) is 0 Å². The van der Waals surface area contributed by atoms with E-state index in [9.17, 15) is 0 Å². The molecule has 0 unspecified atom stereocenters. The Morgan fingerprint density at radius 2 is 2.33 bits per heavy atom. The number of aromatic nitrogens is 1. The lowest BCUT2D eigenvalue weighted by Crippen LogP contribution is -2.42. The summed E-state index contributed by atoms with van der Waals surface area (Å²) in [5, 5.41) is 6.83. The van der Waals surface area contributed by atoms with E-state index in [1.165, 1.54) is 37.5 Å². The molecule has 1 aromatic rings. The smallest absolute Gasteiger partial charge is 0.106 e. The standard InChI is InChI=1S/C11H19N3S/c1-2-14-6-3-10(4-7-14)13-9-11-12-5-8-15-11/h5,8,10,13H,2-4,6-7,9H2,1H3. The average Bonchev–Trinajstić information content (AvgIpc) is 2.80. The highest BCUT2D eigenvalue weighted by Gasteiger charge is 2.17. The van der Waals surface area contributed by atoms with Crippen molar-refractivity contribution in [2.75, 3.05) is 19.6 Å². The molecule has 0 aromatic carbocycles. The van der Waals surface area contributed by atoms with Crippen molar-refractivity contribution in [1.82, 2.24) is 15.2 Å². The van der Waals surface area contributed by atoms with Crippen molar-refractivity contribution in [2.45, 2.75) is 32.4 Å². The van der Waals surface area contributed by atoms with Crippen LogP contribution in [0.15, 0.2) is 11.6 Å². The van der Waals surface area contributed by atoms with E-state index in [-0.39, 0.29) is 0 Å². The Morgan fingerprint density at radius 1 is 1.53 bits per heavy atom. The van der Waals surface area contributed by atoms with Gasteiger partial charge in [-0.25, -0.2) is 4.98 Å². The fourth-order valence-corrected chi connectivity index (χ4v) is 2.59. The monoisotopic (exact) mass is 225 g/mol. The highest BCUT2D eigenvalue weighted by atomic mass is 32.1. The van der Waals surface area contributed by atoms with Crippen LogP contribution in [0.3, 0.4) is 0 Å². The van der Waals surface area contributed by atoms with Crippen LogP contribution in [0.5, 0.6) is 0 Å². The minimum absolute atomic E-state index is 0.691. The first kappa shape index (κ1) is 11.0. The number of hydrogen-bond donors (Lipinski definition) is 1. The van der Waals surface area contributed by atoms with Gasteiger partial charge in [0.25, 0.3) is 0 Å². The maximum absolute atomic E-state index is 4.28. The van der Waals surface area contributed by atoms with Gasteiger partial charge in [0.2, 0.25) is 0 Å². The Morgan fingerprint density at radius 3 is 2.93 bits per heavy atom. The maximum Gasteiger partial charge on any atom is 0.106 e. The molecule has 2 rings (SSSR count). The van der Waals surface area contributed by atoms with Gasteiger partial charge in [-0.3, -0.25) is 0 Å². The van der Waals surface area contributed by atoms with Gasteiger partial charge >= 0.3 is 0 Å². The summed E-state index contributed by atoms with van der Waals surface area (Å²) in [6.45, 7) is 6.86. The number of likely N-dealkylation sites (tertiary alicyclic amines) is 1. The normalized spacial score (nSPS) is 19.5. The van der Waals surface area contributed by atoms with Crippen molar-refractivity contribution >= 4 is 11.3 Å². The molecular weight excluding hydrogens is 206 g/mol. The van der Waals surface area contributed by atoms with Crippen LogP contribution in [0.2, 0.25) is 0 Å². The van der Waals surface area contributed by atoms with E-state index in [1.54, 1.807) is 11.3 Å². The van der Waals surface area contributed by atoms with E-state index in [1.807, 2.05) is 11.6 Å². The topological polar surface area (TPSA) is 28.2 Å². The molecule has 0 bridgehead atoms. The number of piperidine rings is 1. The molecule has 0 spiro atoms. The number of nitrogens with one attached hydrogen (secondary N) is 1.